The second-order valence-corrected chi connectivity index (χ2v) is 6.28. The molecule has 4 heteroatoms. The van der Waals surface area contributed by atoms with Crippen molar-refractivity contribution in [2.45, 2.75) is 18.4 Å². The van der Waals surface area contributed by atoms with E-state index in [0.717, 1.165) is 11.1 Å². The van der Waals surface area contributed by atoms with E-state index in [1.807, 2.05) is 60.7 Å². The maximum absolute atomic E-state index is 13.2. The van der Waals surface area contributed by atoms with Gasteiger partial charge in [-0.15, -0.1) is 6.58 Å². The first-order valence-electron chi connectivity index (χ1n) is 8.60. The van der Waals surface area contributed by atoms with E-state index in [0.29, 0.717) is 0 Å². The van der Waals surface area contributed by atoms with Gasteiger partial charge >= 0.3 is 5.97 Å². The Morgan fingerprint density at radius 2 is 1.88 bits per heavy atom. The highest BCUT2D eigenvalue weighted by molar-refractivity contribution is 5.85. The molecule has 4 nitrogen and oxygen atoms in total. The van der Waals surface area contributed by atoms with Gasteiger partial charge in [-0.05, 0) is 18.1 Å². The number of benzene rings is 2. The first-order chi connectivity index (χ1) is 12.7. The number of esters is 1. The molecule has 0 bridgehead atoms. The quantitative estimate of drug-likeness (QED) is 0.607. The highest BCUT2D eigenvalue weighted by atomic mass is 16.5. The molecule has 1 aliphatic heterocycles. The number of rotatable bonds is 5. The van der Waals surface area contributed by atoms with Crippen molar-refractivity contribution in [3.8, 4) is 6.07 Å². The lowest BCUT2D eigenvalue weighted by Gasteiger charge is -2.38. The molecule has 0 radical (unpaired) electrons. The molecule has 1 saturated heterocycles. The number of ether oxygens (including phenoxy) is 2. The zero-order chi connectivity index (χ0) is 18.6. The van der Waals surface area contributed by atoms with Gasteiger partial charge in [0.1, 0.15) is 6.10 Å². The van der Waals surface area contributed by atoms with E-state index >= 15 is 0 Å². The van der Waals surface area contributed by atoms with E-state index in [2.05, 4.69) is 12.6 Å². The zero-order valence-electron chi connectivity index (χ0n) is 14.7. The maximum atomic E-state index is 13.2. The average Bonchev–Trinajstić information content (AvgIpc) is 3.06. The van der Waals surface area contributed by atoms with Crippen LogP contribution in [-0.4, -0.2) is 19.2 Å². The van der Waals surface area contributed by atoms with Crippen molar-refractivity contribution in [2.75, 3.05) is 13.2 Å². The van der Waals surface area contributed by atoms with Crippen molar-refractivity contribution in [3.05, 3.63) is 84.4 Å². The average molecular weight is 347 g/mol. The number of nitriles is 1. The van der Waals surface area contributed by atoms with Crippen molar-refractivity contribution >= 4 is 5.97 Å². The molecule has 1 fully saturated rings. The fourth-order valence-electron chi connectivity index (χ4n) is 3.78. The van der Waals surface area contributed by atoms with Crippen molar-refractivity contribution in [2.24, 2.45) is 5.41 Å². The number of carbonyl (C=O) groups excluding carboxylic acids is 1. The van der Waals surface area contributed by atoms with Crippen molar-refractivity contribution < 1.29 is 14.3 Å². The molecule has 0 unspecified atom stereocenters. The zero-order valence-corrected chi connectivity index (χ0v) is 14.7. The molecule has 0 amide bonds. The van der Waals surface area contributed by atoms with Gasteiger partial charge in [0.15, 0.2) is 5.41 Å². The van der Waals surface area contributed by atoms with Crippen molar-refractivity contribution in [3.63, 3.8) is 0 Å². The Morgan fingerprint density at radius 3 is 2.42 bits per heavy atom. The standard InChI is InChI=1S/C22H21NO3/c1-3-21(18-13-9-6-10-14-18)16-26-19(17-11-7-5-8-12-17)22(21,15-23)20(24)25-4-2/h3,5-14,19H,1,4,16H2,2H3/t19-,21+,22+/m1/s1. The Morgan fingerprint density at radius 1 is 1.27 bits per heavy atom. The Hall–Kier alpha value is -2.90. The molecule has 0 saturated carbocycles. The molecule has 2 aromatic rings. The molecule has 0 N–H and O–H groups in total. The number of carbonyl (C=O) groups is 1. The lowest BCUT2D eigenvalue weighted by atomic mass is 9.59. The summed E-state index contributed by atoms with van der Waals surface area (Å²) in [6.45, 7) is 6.06. The molecule has 2 aromatic carbocycles. The first kappa shape index (κ1) is 17.9. The lowest BCUT2D eigenvalue weighted by molar-refractivity contribution is -0.156. The van der Waals surface area contributed by atoms with Gasteiger partial charge < -0.3 is 9.47 Å². The highest BCUT2D eigenvalue weighted by Crippen LogP contribution is 2.58. The minimum Gasteiger partial charge on any atom is -0.465 e. The van der Waals surface area contributed by atoms with Crippen LogP contribution in [0.15, 0.2) is 73.3 Å². The van der Waals surface area contributed by atoms with Gasteiger partial charge in [0, 0.05) is 0 Å². The van der Waals surface area contributed by atoms with Gasteiger partial charge in [-0.1, -0.05) is 66.7 Å². The van der Waals surface area contributed by atoms with E-state index < -0.39 is 22.9 Å². The second kappa shape index (κ2) is 7.15. The monoisotopic (exact) mass is 347 g/mol. The van der Waals surface area contributed by atoms with Crippen LogP contribution < -0.4 is 0 Å². The largest absolute Gasteiger partial charge is 0.465 e. The van der Waals surface area contributed by atoms with E-state index in [1.165, 1.54) is 0 Å². The highest BCUT2D eigenvalue weighted by Gasteiger charge is 2.67. The minimum atomic E-state index is -1.56. The van der Waals surface area contributed by atoms with Gasteiger partial charge in [0.2, 0.25) is 0 Å². The predicted octanol–water partition coefficient (Wildman–Crippen LogP) is 3.95. The Bertz CT molecular complexity index is 827. The molecule has 0 aromatic heterocycles. The smallest absolute Gasteiger partial charge is 0.330 e. The fourth-order valence-corrected chi connectivity index (χ4v) is 3.78. The van der Waals surface area contributed by atoms with Crippen LogP contribution >= 0.6 is 0 Å². The molecule has 26 heavy (non-hydrogen) atoms. The van der Waals surface area contributed by atoms with Crippen molar-refractivity contribution in [1.82, 2.24) is 0 Å². The van der Waals surface area contributed by atoms with Gasteiger partial charge in [-0.3, -0.25) is 4.79 Å². The lowest BCUT2D eigenvalue weighted by Crippen LogP contribution is -2.50. The molecular formula is C22H21NO3. The van der Waals surface area contributed by atoms with Crippen LogP contribution in [-0.2, 0) is 19.7 Å². The molecule has 1 heterocycles. The molecule has 0 spiro atoms. The van der Waals surface area contributed by atoms with E-state index in [1.54, 1.807) is 13.0 Å². The number of nitrogens with zero attached hydrogens (tertiary/aromatic N) is 1. The normalized spacial score (nSPS) is 27.5. The summed E-state index contributed by atoms with van der Waals surface area (Å²) in [4.78, 5) is 13.2. The summed E-state index contributed by atoms with van der Waals surface area (Å²) in [6.07, 6.45) is 0.914. The Kier molecular flexibility index (Phi) is 4.92. The molecule has 3 rings (SSSR count). The summed E-state index contributed by atoms with van der Waals surface area (Å²) in [5, 5.41) is 10.3. The van der Waals surface area contributed by atoms with Crippen LogP contribution in [0.5, 0.6) is 0 Å². The topological polar surface area (TPSA) is 59.3 Å². The van der Waals surface area contributed by atoms with Gasteiger partial charge in [0.05, 0.1) is 24.7 Å². The summed E-state index contributed by atoms with van der Waals surface area (Å²) in [5.41, 5.74) is -0.992. The SMILES string of the molecule is C=C[C@@]1(c2ccccc2)CO[C@H](c2ccccc2)[C@@]1(C#N)C(=O)OCC. The van der Waals surface area contributed by atoms with Crippen LogP contribution in [0.4, 0.5) is 0 Å². The molecule has 132 valence electrons. The van der Waals surface area contributed by atoms with E-state index in [9.17, 15) is 10.1 Å². The third kappa shape index (κ3) is 2.44. The Labute approximate surface area is 153 Å². The molecule has 3 atom stereocenters. The summed E-state index contributed by atoms with van der Waals surface area (Å²) in [6, 6.07) is 21.0. The van der Waals surface area contributed by atoms with Crippen LogP contribution in [0, 0.1) is 16.7 Å². The number of hydrogen-bond acceptors (Lipinski definition) is 4. The second-order valence-electron chi connectivity index (χ2n) is 6.28. The van der Waals surface area contributed by atoms with E-state index in [-0.39, 0.29) is 13.2 Å². The molecule has 1 aliphatic rings. The van der Waals surface area contributed by atoms with Crippen LogP contribution in [0.25, 0.3) is 0 Å². The van der Waals surface area contributed by atoms with Crippen molar-refractivity contribution in [1.29, 1.82) is 5.26 Å². The summed E-state index contributed by atoms with van der Waals surface area (Å²) in [5.74, 6) is -0.586. The summed E-state index contributed by atoms with van der Waals surface area (Å²) >= 11 is 0. The van der Waals surface area contributed by atoms with Gasteiger partial charge in [-0.2, -0.15) is 5.26 Å². The molecule has 0 aliphatic carbocycles. The third-order valence-corrected chi connectivity index (χ3v) is 5.09. The summed E-state index contributed by atoms with van der Waals surface area (Å²) in [7, 11) is 0. The predicted molar refractivity (Wildman–Crippen MR) is 98.1 cm³/mol. The van der Waals surface area contributed by atoms with Gasteiger partial charge in [0.25, 0.3) is 0 Å². The molecular weight excluding hydrogens is 326 g/mol. The Balaban J connectivity index is 2.26. The minimum absolute atomic E-state index is 0.173. The van der Waals surface area contributed by atoms with E-state index in [4.69, 9.17) is 9.47 Å². The van der Waals surface area contributed by atoms with Gasteiger partial charge in [-0.25, -0.2) is 0 Å². The van der Waals surface area contributed by atoms with Crippen LogP contribution in [0.1, 0.15) is 24.2 Å². The van der Waals surface area contributed by atoms with Crippen LogP contribution in [0.2, 0.25) is 0 Å². The fraction of sp³-hybridized carbons (Fsp3) is 0.273. The summed E-state index contributed by atoms with van der Waals surface area (Å²) < 4.78 is 11.4. The number of hydrogen-bond donors (Lipinski definition) is 0. The van der Waals surface area contributed by atoms with Crippen LogP contribution in [0.3, 0.4) is 0 Å². The maximum Gasteiger partial charge on any atom is 0.330 e. The third-order valence-electron chi connectivity index (χ3n) is 5.09. The first-order valence-corrected chi connectivity index (χ1v) is 8.60.